The number of hydrogen-bond donors (Lipinski definition) is 0. The van der Waals surface area contributed by atoms with E-state index in [1.54, 1.807) is 17.1 Å². The molecular formula is C22H24N8O. The van der Waals surface area contributed by atoms with Gasteiger partial charge in [-0.2, -0.15) is 10.2 Å². The zero-order chi connectivity index (χ0) is 21.4. The van der Waals surface area contributed by atoms with Crippen LogP contribution < -0.4 is 9.80 Å². The summed E-state index contributed by atoms with van der Waals surface area (Å²) in [6.07, 6.45) is 11.6. The lowest BCUT2D eigenvalue weighted by Crippen LogP contribution is -2.47. The van der Waals surface area contributed by atoms with E-state index in [1.165, 1.54) is 0 Å². The van der Waals surface area contributed by atoms with Gasteiger partial charge in [-0.05, 0) is 6.07 Å². The minimum absolute atomic E-state index is 0.0659. The highest BCUT2D eigenvalue weighted by Gasteiger charge is 2.22. The van der Waals surface area contributed by atoms with Gasteiger partial charge in [-0.1, -0.05) is 13.0 Å². The lowest BCUT2D eigenvalue weighted by molar-refractivity contribution is 0.0987. The van der Waals surface area contributed by atoms with E-state index in [-0.39, 0.29) is 5.78 Å². The Bertz CT molecular complexity index is 1220. The van der Waals surface area contributed by atoms with Crippen LogP contribution in [0.2, 0.25) is 0 Å². The Balaban J connectivity index is 1.29. The summed E-state index contributed by atoms with van der Waals surface area (Å²) >= 11 is 0. The lowest BCUT2D eigenvalue weighted by Gasteiger charge is -2.35. The van der Waals surface area contributed by atoms with Crippen LogP contribution in [-0.4, -0.2) is 61.3 Å². The quantitative estimate of drug-likeness (QED) is 0.462. The van der Waals surface area contributed by atoms with Crippen molar-refractivity contribution in [1.29, 1.82) is 0 Å². The summed E-state index contributed by atoms with van der Waals surface area (Å²) < 4.78 is 3.73. The van der Waals surface area contributed by atoms with Crippen LogP contribution in [0.15, 0.2) is 49.3 Å². The fourth-order valence-corrected chi connectivity index (χ4v) is 3.94. The van der Waals surface area contributed by atoms with Crippen molar-refractivity contribution in [3.05, 3.63) is 54.9 Å². The van der Waals surface area contributed by atoms with Gasteiger partial charge >= 0.3 is 0 Å². The second kappa shape index (κ2) is 7.82. The lowest BCUT2D eigenvalue weighted by atomic mass is 10.1. The largest absolute Gasteiger partial charge is 0.365 e. The molecule has 0 unspecified atom stereocenters. The monoisotopic (exact) mass is 416 g/mol. The molecule has 1 aliphatic rings. The number of nitrogens with zero attached hydrogens (tertiary/aromatic N) is 8. The fourth-order valence-electron chi connectivity index (χ4n) is 3.94. The molecule has 0 atom stereocenters. The van der Waals surface area contributed by atoms with Gasteiger partial charge in [0.2, 0.25) is 5.95 Å². The van der Waals surface area contributed by atoms with E-state index in [0.29, 0.717) is 17.9 Å². The second-order valence-electron chi connectivity index (χ2n) is 7.70. The first-order valence-corrected chi connectivity index (χ1v) is 10.4. The zero-order valence-corrected chi connectivity index (χ0v) is 17.6. The number of aromatic nitrogens is 6. The molecule has 1 aliphatic heterocycles. The first-order valence-electron chi connectivity index (χ1n) is 10.4. The number of aryl methyl sites for hydroxylation is 1. The summed E-state index contributed by atoms with van der Waals surface area (Å²) in [6, 6.07) is 4.23. The molecular weight excluding hydrogens is 392 g/mol. The van der Waals surface area contributed by atoms with Crippen molar-refractivity contribution in [3.8, 4) is 11.1 Å². The van der Waals surface area contributed by atoms with Crippen LogP contribution in [0.1, 0.15) is 23.7 Å². The first-order chi connectivity index (χ1) is 15.1. The predicted molar refractivity (Wildman–Crippen MR) is 118 cm³/mol. The number of Topliss-reactive ketones (excluding diaryl/α,β-unsaturated/α-hetero) is 1. The van der Waals surface area contributed by atoms with Crippen LogP contribution in [0, 0.1) is 0 Å². The van der Waals surface area contributed by atoms with Gasteiger partial charge in [0.1, 0.15) is 0 Å². The number of hydrogen-bond acceptors (Lipinski definition) is 7. The number of fused-ring (bicyclic) bond motifs is 1. The predicted octanol–water partition coefficient (Wildman–Crippen LogP) is 2.44. The number of pyridine rings is 1. The van der Waals surface area contributed by atoms with Gasteiger partial charge in [-0.15, -0.1) is 0 Å². The van der Waals surface area contributed by atoms with E-state index in [4.69, 9.17) is 0 Å². The van der Waals surface area contributed by atoms with Gasteiger partial charge in [0.15, 0.2) is 5.78 Å². The molecule has 9 nitrogen and oxygen atoms in total. The maximum Gasteiger partial charge on any atom is 0.225 e. The standard InChI is InChI=1S/C22H24N8O/c1-3-21(31)17-10-23-22(24-11-17)29-8-6-28(7-9-29)20-13-26-30-15-16(4-5-19(20)30)18-12-25-27(2)14-18/h4-5,10-15H,3,6-9H2,1-2H3. The topological polar surface area (TPSA) is 84.5 Å². The molecule has 4 aromatic rings. The van der Waals surface area contributed by atoms with Crippen LogP contribution in [0.25, 0.3) is 16.6 Å². The molecule has 0 radical (unpaired) electrons. The molecule has 0 N–H and O–H groups in total. The Morgan fingerprint density at radius 3 is 2.32 bits per heavy atom. The maximum atomic E-state index is 11.8. The van der Waals surface area contributed by atoms with Crippen molar-refractivity contribution in [3.63, 3.8) is 0 Å². The molecule has 4 aromatic heterocycles. The summed E-state index contributed by atoms with van der Waals surface area (Å²) in [6.45, 7) is 5.17. The third-order valence-corrected chi connectivity index (χ3v) is 5.72. The molecule has 0 spiro atoms. The molecule has 5 rings (SSSR count). The minimum Gasteiger partial charge on any atom is -0.365 e. The number of rotatable bonds is 5. The van der Waals surface area contributed by atoms with Gasteiger partial charge in [0.05, 0.1) is 29.2 Å². The van der Waals surface area contributed by atoms with Crippen molar-refractivity contribution in [2.75, 3.05) is 36.0 Å². The summed E-state index contributed by atoms with van der Waals surface area (Å²) in [4.78, 5) is 25.1. The highest BCUT2D eigenvalue weighted by Crippen LogP contribution is 2.26. The van der Waals surface area contributed by atoms with E-state index < -0.39 is 0 Å². The molecule has 9 heteroatoms. The minimum atomic E-state index is 0.0659. The molecule has 5 heterocycles. The molecule has 0 amide bonds. The van der Waals surface area contributed by atoms with Crippen molar-refractivity contribution >= 4 is 22.9 Å². The van der Waals surface area contributed by atoms with Gasteiger partial charge in [0.25, 0.3) is 0 Å². The van der Waals surface area contributed by atoms with Crippen LogP contribution in [0.4, 0.5) is 11.6 Å². The molecule has 158 valence electrons. The van der Waals surface area contributed by atoms with Gasteiger partial charge in [0, 0.05) is 75.6 Å². The average molecular weight is 416 g/mol. The summed E-state index contributed by atoms with van der Waals surface area (Å²) in [5.41, 5.74) is 4.94. The Labute approximate surface area is 179 Å². The second-order valence-corrected chi connectivity index (χ2v) is 7.70. The molecule has 0 aromatic carbocycles. The van der Waals surface area contributed by atoms with Gasteiger partial charge in [-0.25, -0.2) is 14.5 Å². The van der Waals surface area contributed by atoms with E-state index >= 15 is 0 Å². The molecule has 1 saturated heterocycles. The van der Waals surface area contributed by atoms with Crippen molar-refractivity contribution in [2.45, 2.75) is 13.3 Å². The summed E-state index contributed by atoms with van der Waals surface area (Å²) in [7, 11) is 1.91. The number of carbonyl (C=O) groups excluding carboxylic acids is 1. The van der Waals surface area contributed by atoms with E-state index in [9.17, 15) is 4.79 Å². The number of carbonyl (C=O) groups is 1. The summed E-state index contributed by atoms with van der Waals surface area (Å²) in [5, 5.41) is 8.82. The molecule has 0 bridgehead atoms. The molecule has 31 heavy (non-hydrogen) atoms. The highest BCUT2D eigenvalue weighted by molar-refractivity contribution is 5.95. The fraction of sp³-hybridized carbons (Fsp3) is 0.318. The van der Waals surface area contributed by atoms with E-state index in [0.717, 1.165) is 48.5 Å². The van der Waals surface area contributed by atoms with E-state index in [1.807, 2.05) is 43.3 Å². The Morgan fingerprint density at radius 2 is 1.65 bits per heavy atom. The van der Waals surface area contributed by atoms with Gasteiger partial charge in [-0.3, -0.25) is 9.48 Å². The highest BCUT2D eigenvalue weighted by atomic mass is 16.1. The maximum absolute atomic E-state index is 11.8. The Kier molecular flexibility index (Phi) is 4.85. The molecule has 0 saturated carbocycles. The van der Waals surface area contributed by atoms with Crippen molar-refractivity contribution in [1.82, 2.24) is 29.4 Å². The molecule has 1 fully saturated rings. The van der Waals surface area contributed by atoms with E-state index in [2.05, 4.69) is 42.1 Å². The number of piperazine rings is 1. The van der Waals surface area contributed by atoms with Crippen molar-refractivity contribution in [2.24, 2.45) is 7.05 Å². The van der Waals surface area contributed by atoms with Crippen LogP contribution in [0.3, 0.4) is 0 Å². The first kappa shape index (κ1) is 19.2. The summed E-state index contributed by atoms with van der Waals surface area (Å²) in [5.74, 6) is 0.740. The zero-order valence-electron chi connectivity index (χ0n) is 17.6. The third kappa shape index (κ3) is 3.63. The third-order valence-electron chi connectivity index (χ3n) is 5.72. The number of ketones is 1. The van der Waals surface area contributed by atoms with Crippen molar-refractivity contribution < 1.29 is 4.79 Å². The SMILES string of the molecule is CCC(=O)c1cnc(N2CCN(c3cnn4cc(-c5cnn(C)c5)ccc34)CC2)nc1. The van der Waals surface area contributed by atoms with Crippen LogP contribution in [0.5, 0.6) is 0 Å². The smallest absolute Gasteiger partial charge is 0.225 e. The van der Waals surface area contributed by atoms with Crippen LogP contribution >= 0.6 is 0 Å². The normalized spacial score (nSPS) is 14.4. The average Bonchev–Trinajstić information content (AvgIpc) is 3.44. The Morgan fingerprint density at radius 1 is 0.903 bits per heavy atom. The molecule has 0 aliphatic carbocycles. The number of anilines is 2. The Hall–Kier alpha value is -3.75. The van der Waals surface area contributed by atoms with Gasteiger partial charge < -0.3 is 9.80 Å². The van der Waals surface area contributed by atoms with Crippen LogP contribution in [-0.2, 0) is 7.05 Å².